The van der Waals surface area contributed by atoms with Crippen molar-refractivity contribution in [1.82, 2.24) is 0 Å². The Bertz CT molecular complexity index is 212. The maximum atomic E-state index is 5.92. The summed E-state index contributed by atoms with van der Waals surface area (Å²) >= 11 is 8.24. The van der Waals surface area contributed by atoms with Gasteiger partial charge in [-0.15, -0.1) is 0 Å². The molecule has 0 saturated heterocycles. The molecule has 10 heavy (non-hydrogen) atoms. The van der Waals surface area contributed by atoms with Crippen molar-refractivity contribution in [2.45, 2.75) is 11.4 Å². The minimum absolute atomic E-state index is 0.884. The summed E-state index contributed by atoms with van der Waals surface area (Å²) in [5.41, 5.74) is 2.53. The molecule has 0 fully saturated rings. The highest BCUT2D eigenvalue weighted by atomic mass is 127. The molecule has 0 aliphatic heterocycles. The summed E-state index contributed by atoms with van der Waals surface area (Å²) in [4.78, 5) is 0. The molecule has 0 saturated carbocycles. The van der Waals surface area contributed by atoms with E-state index >= 15 is 0 Å². The summed E-state index contributed by atoms with van der Waals surface area (Å²) in [6.45, 7) is 2.08. The zero-order chi connectivity index (χ0) is 7.56. The van der Waals surface area contributed by atoms with Gasteiger partial charge in [-0.25, -0.2) is 0 Å². The fourth-order valence-corrected chi connectivity index (χ4v) is 2.36. The smallest absolute Gasteiger partial charge is 0.0448 e. The van der Waals surface area contributed by atoms with Gasteiger partial charge in [0.2, 0.25) is 0 Å². The molecular formula is C8H8ClI. The first-order valence-electron chi connectivity index (χ1n) is 3.05. The third kappa shape index (κ3) is 1.64. The van der Waals surface area contributed by atoms with Crippen LogP contribution in [0.4, 0.5) is 0 Å². The molecule has 1 aromatic carbocycles. The van der Waals surface area contributed by atoms with Gasteiger partial charge in [0.1, 0.15) is 0 Å². The predicted octanol–water partition coefficient (Wildman–Crippen LogP) is 3.58. The Labute approximate surface area is 79.7 Å². The van der Waals surface area contributed by atoms with Gasteiger partial charge in [-0.1, -0.05) is 46.3 Å². The van der Waals surface area contributed by atoms with Gasteiger partial charge in [-0.3, -0.25) is 0 Å². The van der Waals surface area contributed by atoms with E-state index in [9.17, 15) is 0 Å². The average molecular weight is 267 g/mol. The van der Waals surface area contributed by atoms with Crippen molar-refractivity contribution in [2.75, 3.05) is 0 Å². The second-order valence-corrected chi connectivity index (χ2v) is 3.34. The van der Waals surface area contributed by atoms with Crippen molar-refractivity contribution < 1.29 is 0 Å². The molecule has 1 rings (SSSR count). The van der Waals surface area contributed by atoms with E-state index in [0.717, 1.165) is 9.45 Å². The molecule has 0 radical (unpaired) electrons. The third-order valence-electron chi connectivity index (χ3n) is 1.49. The quantitative estimate of drug-likeness (QED) is 0.538. The largest absolute Gasteiger partial charge is 0.0840 e. The Kier molecular flexibility index (Phi) is 2.98. The highest BCUT2D eigenvalue weighted by molar-refractivity contribution is 14.1. The minimum Gasteiger partial charge on any atom is -0.0840 e. The van der Waals surface area contributed by atoms with Gasteiger partial charge in [0, 0.05) is 9.45 Å². The van der Waals surface area contributed by atoms with E-state index in [-0.39, 0.29) is 0 Å². The number of alkyl halides is 1. The summed E-state index contributed by atoms with van der Waals surface area (Å²) in [5.74, 6) is 0. The third-order valence-corrected chi connectivity index (χ3v) is 2.60. The molecule has 0 nitrogen and oxygen atoms in total. The van der Waals surface area contributed by atoms with Crippen LogP contribution in [0.25, 0.3) is 0 Å². The van der Waals surface area contributed by atoms with Crippen molar-refractivity contribution in [1.29, 1.82) is 0 Å². The second-order valence-electron chi connectivity index (χ2n) is 2.17. The molecule has 0 heterocycles. The molecule has 0 atom stereocenters. The first kappa shape index (κ1) is 8.34. The average Bonchev–Trinajstić information content (AvgIpc) is 1.88. The Morgan fingerprint density at radius 1 is 1.50 bits per heavy atom. The molecule has 0 N–H and O–H groups in total. The highest BCUT2D eigenvalue weighted by Crippen LogP contribution is 2.21. The maximum absolute atomic E-state index is 5.92. The van der Waals surface area contributed by atoms with Crippen LogP contribution in [0.1, 0.15) is 11.1 Å². The lowest BCUT2D eigenvalue weighted by atomic mass is 10.1. The van der Waals surface area contributed by atoms with Crippen molar-refractivity contribution in [3.8, 4) is 0 Å². The van der Waals surface area contributed by atoms with E-state index < -0.39 is 0 Å². The lowest BCUT2D eigenvalue weighted by molar-refractivity contribution is 1.33. The van der Waals surface area contributed by atoms with Crippen molar-refractivity contribution in [2.24, 2.45) is 0 Å². The molecule has 0 amide bonds. The van der Waals surface area contributed by atoms with Gasteiger partial charge in [-0.05, 0) is 24.1 Å². The molecule has 0 aliphatic rings. The van der Waals surface area contributed by atoms with E-state index in [1.807, 2.05) is 12.1 Å². The van der Waals surface area contributed by atoms with Crippen molar-refractivity contribution in [3.05, 3.63) is 34.3 Å². The number of hydrogen-bond donors (Lipinski definition) is 0. The number of aryl methyl sites for hydroxylation is 1. The molecule has 0 unspecified atom stereocenters. The van der Waals surface area contributed by atoms with E-state index in [1.54, 1.807) is 0 Å². The number of benzene rings is 1. The SMILES string of the molecule is Cc1cccc(Cl)c1CI. The molecular weight excluding hydrogens is 258 g/mol. The lowest BCUT2D eigenvalue weighted by Gasteiger charge is -2.02. The Balaban J connectivity index is 3.17. The maximum Gasteiger partial charge on any atom is 0.0448 e. The molecule has 0 aliphatic carbocycles. The monoisotopic (exact) mass is 266 g/mol. The molecule has 0 aromatic heterocycles. The molecule has 0 bridgehead atoms. The summed E-state index contributed by atoms with van der Waals surface area (Å²) < 4.78 is 0.989. The van der Waals surface area contributed by atoms with Crippen LogP contribution < -0.4 is 0 Å². The number of hydrogen-bond acceptors (Lipinski definition) is 0. The van der Waals surface area contributed by atoms with Gasteiger partial charge in [0.25, 0.3) is 0 Å². The minimum atomic E-state index is 0.884. The van der Waals surface area contributed by atoms with Crippen LogP contribution in [0.15, 0.2) is 18.2 Å². The Morgan fingerprint density at radius 2 is 2.20 bits per heavy atom. The fourth-order valence-electron chi connectivity index (χ4n) is 0.836. The first-order chi connectivity index (χ1) is 4.75. The van der Waals surface area contributed by atoms with Crippen LogP contribution in [-0.2, 0) is 4.43 Å². The van der Waals surface area contributed by atoms with E-state index in [1.165, 1.54) is 11.1 Å². The summed E-state index contributed by atoms with van der Waals surface area (Å²) in [6, 6.07) is 6.00. The van der Waals surface area contributed by atoms with Gasteiger partial charge in [-0.2, -0.15) is 0 Å². The Morgan fingerprint density at radius 3 is 2.60 bits per heavy atom. The van der Waals surface area contributed by atoms with E-state index in [0.29, 0.717) is 0 Å². The van der Waals surface area contributed by atoms with Gasteiger partial charge in [0.15, 0.2) is 0 Å². The summed E-state index contributed by atoms with van der Waals surface area (Å²) in [6.07, 6.45) is 0. The summed E-state index contributed by atoms with van der Waals surface area (Å²) in [7, 11) is 0. The Hall–Kier alpha value is 0.240. The van der Waals surface area contributed by atoms with Gasteiger partial charge in [0.05, 0.1) is 0 Å². The molecule has 1 aromatic rings. The van der Waals surface area contributed by atoms with E-state index in [2.05, 4.69) is 35.6 Å². The topological polar surface area (TPSA) is 0 Å². The van der Waals surface area contributed by atoms with Crippen molar-refractivity contribution in [3.63, 3.8) is 0 Å². The van der Waals surface area contributed by atoms with Gasteiger partial charge >= 0.3 is 0 Å². The van der Waals surface area contributed by atoms with E-state index in [4.69, 9.17) is 11.6 Å². The second kappa shape index (κ2) is 3.58. The van der Waals surface area contributed by atoms with Crippen molar-refractivity contribution >= 4 is 34.2 Å². The van der Waals surface area contributed by atoms with Crippen LogP contribution >= 0.6 is 34.2 Å². The normalized spacial score (nSPS) is 9.90. The zero-order valence-electron chi connectivity index (χ0n) is 5.70. The lowest BCUT2D eigenvalue weighted by Crippen LogP contribution is -1.83. The zero-order valence-corrected chi connectivity index (χ0v) is 8.61. The van der Waals surface area contributed by atoms with Crippen LogP contribution in [0.3, 0.4) is 0 Å². The molecule has 54 valence electrons. The molecule has 2 heteroatoms. The summed E-state index contributed by atoms with van der Waals surface area (Å²) in [5, 5.41) is 0.884. The van der Waals surface area contributed by atoms with Crippen LogP contribution in [0.5, 0.6) is 0 Å². The standard InChI is InChI=1S/C8H8ClI/c1-6-3-2-4-8(9)7(6)5-10/h2-4H,5H2,1H3. The number of halogens is 2. The van der Waals surface area contributed by atoms with Crippen LogP contribution in [-0.4, -0.2) is 0 Å². The number of rotatable bonds is 1. The molecule has 0 spiro atoms. The first-order valence-corrected chi connectivity index (χ1v) is 4.96. The van der Waals surface area contributed by atoms with Crippen LogP contribution in [0.2, 0.25) is 5.02 Å². The predicted molar refractivity (Wildman–Crippen MR) is 53.9 cm³/mol. The van der Waals surface area contributed by atoms with Gasteiger partial charge < -0.3 is 0 Å². The fraction of sp³-hybridized carbons (Fsp3) is 0.250. The highest BCUT2D eigenvalue weighted by Gasteiger charge is 1.99. The van der Waals surface area contributed by atoms with Crippen LogP contribution in [0, 0.1) is 6.92 Å².